The van der Waals surface area contributed by atoms with Crippen molar-refractivity contribution in [3.8, 4) is 0 Å². The zero-order chi connectivity index (χ0) is 12.5. The summed E-state index contributed by atoms with van der Waals surface area (Å²) >= 11 is 3.68. The lowest BCUT2D eigenvalue weighted by molar-refractivity contribution is 0.299. The van der Waals surface area contributed by atoms with Gasteiger partial charge in [-0.1, -0.05) is 41.3 Å². The van der Waals surface area contributed by atoms with Gasteiger partial charge in [-0.15, -0.1) is 0 Å². The van der Waals surface area contributed by atoms with Crippen molar-refractivity contribution in [1.29, 1.82) is 0 Å². The fourth-order valence-electron chi connectivity index (χ4n) is 3.18. The highest BCUT2D eigenvalue weighted by atomic mass is 79.9. The molecule has 0 atom stereocenters. The maximum Gasteiger partial charge on any atom is 0.0210 e. The number of benzene rings is 1. The summed E-state index contributed by atoms with van der Waals surface area (Å²) in [5.41, 5.74) is 10.5. The van der Waals surface area contributed by atoms with Gasteiger partial charge in [-0.25, -0.2) is 0 Å². The van der Waals surface area contributed by atoms with Crippen molar-refractivity contribution in [1.82, 2.24) is 0 Å². The van der Waals surface area contributed by atoms with Crippen molar-refractivity contribution in [2.75, 3.05) is 6.54 Å². The fourth-order valence-corrected chi connectivity index (χ4v) is 3.75. The summed E-state index contributed by atoms with van der Waals surface area (Å²) in [4.78, 5) is 0. The summed E-state index contributed by atoms with van der Waals surface area (Å²) in [5.74, 6) is 0. The van der Waals surface area contributed by atoms with Crippen LogP contribution in [0.25, 0.3) is 0 Å². The molecule has 1 aliphatic rings. The Hall–Kier alpha value is -0.340. The third kappa shape index (κ3) is 2.43. The Morgan fingerprint density at radius 2 is 1.82 bits per heavy atom. The van der Waals surface area contributed by atoms with Gasteiger partial charge in [-0.3, -0.25) is 0 Å². The van der Waals surface area contributed by atoms with Crippen molar-refractivity contribution < 1.29 is 0 Å². The van der Waals surface area contributed by atoms with E-state index in [2.05, 4.69) is 41.9 Å². The second kappa shape index (κ2) is 5.11. The van der Waals surface area contributed by atoms with E-state index < -0.39 is 0 Å². The van der Waals surface area contributed by atoms with Crippen molar-refractivity contribution in [3.05, 3.63) is 33.3 Å². The van der Waals surface area contributed by atoms with Gasteiger partial charge in [0.15, 0.2) is 0 Å². The van der Waals surface area contributed by atoms with Gasteiger partial charge in [-0.05, 0) is 49.4 Å². The van der Waals surface area contributed by atoms with Gasteiger partial charge in [0.2, 0.25) is 0 Å². The normalized spacial score (nSPS) is 19.3. The number of hydrogen-bond acceptors (Lipinski definition) is 1. The molecule has 0 saturated heterocycles. The summed E-state index contributed by atoms with van der Waals surface area (Å²) in [7, 11) is 0. The Morgan fingerprint density at radius 1 is 1.18 bits per heavy atom. The highest BCUT2D eigenvalue weighted by molar-refractivity contribution is 9.10. The van der Waals surface area contributed by atoms with Gasteiger partial charge in [0, 0.05) is 16.4 Å². The molecule has 1 aliphatic carbocycles. The van der Waals surface area contributed by atoms with Crippen LogP contribution in [0.3, 0.4) is 0 Å². The molecular formula is C15H22BrN. The van der Waals surface area contributed by atoms with Gasteiger partial charge in [0.05, 0.1) is 0 Å². The molecule has 1 fully saturated rings. The largest absolute Gasteiger partial charge is 0.330 e. The van der Waals surface area contributed by atoms with Crippen LogP contribution in [0, 0.1) is 13.8 Å². The second-order valence-corrected chi connectivity index (χ2v) is 6.32. The van der Waals surface area contributed by atoms with Crippen molar-refractivity contribution >= 4 is 15.9 Å². The monoisotopic (exact) mass is 295 g/mol. The van der Waals surface area contributed by atoms with E-state index in [0.717, 1.165) is 6.54 Å². The molecule has 17 heavy (non-hydrogen) atoms. The Morgan fingerprint density at radius 3 is 2.41 bits per heavy atom. The number of hydrogen-bond donors (Lipinski definition) is 1. The number of nitrogens with two attached hydrogens (primary N) is 1. The molecule has 1 aromatic carbocycles. The molecule has 0 heterocycles. The Kier molecular flexibility index (Phi) is 3.94. The number of halogens is 1. The van der Waals surface area contributed by atoms with Crippen LogP contribution in [-0.2, 0) is 5.41 Å². The van der Waals surface area contributed by atoms with Crippen LogP contribution < -0.4 is 5.73 Å². The SMILES string of the molecule is Cc1cc(Br)c(C)c(C2(CN)CCCCC2)c1. The lowest BCUT2D eigenvalue weighted by Crippen LogP contribution is -2.37. The average molecular weight is 296 g/mol. The van der Waals surface area contributed by atoms with Crippen LogP contribution in [0.2, 0.25) is 0 Å². The molecule has 0 amide bonds. The van der Waals surface area contributed by atoms with Crippen LogP contribution >= 0.6 is 15.9 Å². The molecule has 1 saturated carbocycles. The third-order valence-corrected chi connectivity index (χ3v) is 5.09. The summed E-state index contributed by atoms with van der Waals surface area (Å²) in [6.45, 7) is 5.16. The van der Waals surface area contributed by atoms with Crippen LogP contribution in [-0.4, -0.2) is 6.54 Å². The molecule has 0 bridgehead atoms. The quantitative estimate of drug-likeness (QED) is 0.868. The zero-order valence-electron chi connectivity index (χ0n) is 10.9. The number of aryl methyl sites for hydroxylation is 1. The number of rotatable bonds is 2. The van der Waals surface area contributed by atoms with Crippen LogP contribution in [0.4, 0.5) is 0 Å². The first-order valence-corrected chi connectivity index (χ1v) is 7.36. The molecule has 1 nitrogen and oxygen atoms in total. The molecule has 2 rings (SSSR count). The molecular weight excluding hydrogens is 274 g/mol. The van der Waals surface area contributed by atoms with E-state index in [-0.39, 0.29) is 5.41 Å². The summed E-state index contributed by atoms with van der Waals surface area (Å²) in [6.07, 6.45) is 6.51. The smallest absolute Gasteiger partial charge is 0.0210 e. The minimum atomic E-state index is 0.233. The molecule has 0 spiro atoms. The first-order valence-electron chi connectivity index (χ1n) is 6.56. The maximum absolute atomic E-state index is 6.12. The lowest BCUT2D eigenvalue weighted by atomic mass is 9.68. The first-order chi connectivity index (χ1) is 8.09. The Balaban J connectivity index is 2.49. The van der Waals surface area contributed by atoms with E-state index >= 15 is 0 Å². The third-order valence-electron chi connectivity index (χ3n) is 4.26. The molecule has 0 radical (unpaired) electrons. The Bertz CT molecular complexity index is 406. The van der Waals surface area contributed by atoms with Crippen molar-refractivity contribution in [2.45, 2.75) is 51.4 Å². The fraction of sp³-hybridized carbons (Fsp3) is 0.600. The molecule has 0 unspecified atom stereocenters. The molecule has 0 aromatic heterocycles. The van der Waals surface area contributed by atoms with Gasteiger partial charge in [0.1, 0.15) is 0 Å². The van der Waals surface area contributed by atoms with Crippen LogP contribution in [0.5, 0.6) is 0 Å². The van der Waals surface area contributed by atoms with Crippen molar-refractivity contribution in [3.63, 3.8) is 0 Å². The van der Waals surface area contributed by atoms with Gasteiger partial charge < -0.3 is 5.73 Å². The van der Waals surface area contributed by atoms with Gasteiger partial charge >= 0.3 is 0 Å². The predicted molar refractivity (Wildman–Crippen MR) is 77.4 cm³/mol. The lowest BCUT2D eigenvalue weighted by Gasteiger charge is -2.38. The van der Waals surface area contributed by atoms with E-state index in [1.165, 1.54) is 53.3 Å². The van der Waals surface area contributed by atoms with E-state index in [0.29, 0.717) is 0 Å². The van der Waals surface area contributed by atoms with Gasteiger partial charge in [0.25, 0.3) is 0 Å². The molecule has 94 valence electrons. The van der Waals surface area contributed by atoms with E-state index in [1.54, 1.807) is 0 Å². The van der Waals surface area contributed by atoms with E-state index in [9.17, 15) is 0 Å². The standard InChI is InChI=1S/C15H22BrN/c1-11-8-13(12(2)14(16)9-11)15(10-17)6-4-3-5-7-15/h8-9H,3-7,10,17H2,1-2H3. The minimum absolute atomic E-state index is 0.233. The van der Waals surface area contributed by atoms with E-state index in [4.69, 9.17) is 5.73 Å². The highest BCUT2D eigenvalue weighted by Crippen LogP contribution is 2.41. The van der Waals surface area contributed by atoms with Crippen LogP contribution in [0.1, 0.15) is 48.8 Å². The van der Waals surface area contributed by atoms with E-state index in [1.807, 2.05) is 0 Å². The zero-order valence-corrected chi connectivity index (χ0v) is 12.4. The predicted octanol–water partition coefficient (Wildman–Crippen LogP) is 4.23. The molecule has 2 N–H and O–H groups in total. The molecule has 0 aliphatic heterocycles. The molecule has 2 heteroatoms. The van der Waals surface area contributed by atoms with Crippen LogP contribution in [0.15, 0.2) is 16.6 Å². The topological polar surface area (TPSA) is 26.0 Å². The highest BCUT2D eigenvalue weighted by Gasteiger charge is 2.34. The Labute approximate surface area is 113 Å². The maximum atomic E-state index is 6.12. The van der Waals surface area contributed by atoms with Gasteiger partial charge in [-0.2, -0.15) is 0 Å². The average Bonchev–Trinajstić information content (AvgIpc) is 2.34. The minimum Gasteiger partial charge on any atom is -0.330 e. The summed E-state index contributed by atoms with van der Waals surface area (Å²) in [5, 5.41) is 0. The summed E-state index contributed by atoms with van der Waals surface area (Å²) in [6, 6.07) is 4.55. The first kappa shape index (κ1) is 13.1. The molecule has 1 aromatic rings. The van der Waals surface area contributed by atoms with Crippen molar-refractivity contribution in [2.24, 2.45) is 5.73 Å². The summed E-state index contributed by atoms with van der Waals surface area (Å²) < 4.78 is 1.23. The second-order valence-electron chi connectivity index (χ2n) is 5.46.